The van der Waals surface area contributed by atoms with E-state index >= 15 is 0 Å². The van der Waals surface area contributed by atoms with Crippen LogP contribution in [0.2, 0.25) is 0 Å². The average molecular weight is 230 g/mol. The van der Waals surface area contributed by atoms with Crippen molar-refractivity contribution in [2.45, 2.75) is 11.5 Å². The molecule has 80 valence electrons. The third kappa shape index (κ3) is 2.01. The maximum atomic E-state index is 8.76. The summed E-state index contributed by atoms with van der Waals surface area (Å²) in [4.78, 5) is 5.22. The fourth-order valence-corrected chi connectivity index (χ4v) is 2.23. The van der Waals surface area contributed by atoms with Gasteiger partial charge in [0.2, 0.25) is 0 Å². The van der Waals surface area contributed by atoms with E-state index < -0.39 is 0 Å². The zero-order valence-corrected chi connectivity index (χ0v) is 9.62. The second-order valence-electron chi connectivity index (χ2n) is 3.24. The number of hydrogen-bond donors (Lipinski definition) is 0. The van der Waals surface area contributed by atoms with E-state index in [-0.39, 0.29) is 0 Å². The summed E-state index contributed by atoms with van der Waals surface area (Å²) in [7, 11) is 1.64. The molecule has 3 nitrogen and oxygen atoms in total. The summed E-state index contributed by atoms with van der Waals surface area (Å²) < 4.78 is 5.11. The number of thiocyanates is 1. The summed E-state index contributed by atoms with van der Waals surface area (Å²) in [6, 6.07) is 7.82. The topological polar surface area (TPSA) is 45.9 Å². The zero-order valence-electron chi connectivity index (χ0n) is 8.80. The van der Waals surface area contributed by atoms with Crippen molar-refractivity contribution >= 4 is 22.5 Å². The van der Waals surface area contributed by atoms with Gasteiger partial charge in [0.25, 0.3) is 0 Å². The van der Waals surface area contributed by atoms with Gasteiger partial charge >= 0.3 is 0 Å². The SMILES string of the molecule is COCc1nccc2cccc(SC#N)c12. The molecule has 0 unspecified atom stereocenters. The summed E-state index contributed by atoms with van der Waals surface area (Å²) in [5.74, 6) is 0. The largest absolute Gasteiger partial charge is 0.378 e. The molecule has 0 spiro atoms. The molecule has 2 rings (SSSR count). The van der Waals surface area contributed by atoms with E-state index in [0.717, 1.165) is 33.1 Å². The van der Waals surface area contributed by atoms with Gasteiger partial charge in [0, 0.05) is 23.6 Å². The predicted molar refractivity (Wildman–Crippen MR) is 63.9 cm³/mol. The average Bonchev–Trinajstić information content (AvgIpc) is 2.30. The smallest absolute Gasteiger partial charge is 0.138 e. The predicted octanol–water partition coefficient (Wildman–Crippen LogP) is 2.95. The van der Waals surface area contributed by atoms with Gasteiger partial charge in [-0.1, -0.05) is 12.1 Å². The van der Waals surface area contributed by atoms with Crippen LogP contribution < -0.4 is 0 Å². The Morgan fingerprint density at radius 1 is 1.44 bits per heavy atom. The van der Waals surface area contributed by atoms with E-state index in [1.807, 2.05) is 24.3 Å². The summed E-state index contributed by atoms with van der Waals surface area (Å²) in [6.45, 7) is 0.459. The zero-order chi connectivity index (χ0) is 11.4. The van der Waals surface area contributed by atoms with E-state index in [0.29, 0.717) is 6.61 Å². The lowest BCUT2D eigenvalue weighted by atomic mass is 10.1. The molecule has 0 bridgehead atoms. The standard InChI is InChI=1S/C12H10N2OS/c1-15-7-10-12-9(5-6-14-10)3-2-4-11(12)16-8-13/h2-6H,7H2,1H3. The molecule has 1 aromatic carbocycles. The van der Waals surface area contributed by atoms with E-state index in [9.17, 15) is 0 Å². The minimum atomic E-state index is 0.459. The quantitative estimate of drug-likeness (QED) is 0.600. The molecule has 0 atom stereocenters. The van der Waals surface area contributed by atoms with Crippen molar-refractivity contribution < 1.29 is 4.74 Å². The van der Waals surface area contributed by atoms with E-state index in [4.69, 9.17) is 10.00 Å². The fraction of sp³-hybridized carbons (Fsp3) is 0.167. The van der Waals surface area contributed by atoms with Gasteiger partial charge in [0.05, 0.1) is 12.3 Å². The van der Waals surface area contributed by atoms with Gasteiger partial charge in [-0.15, -0.1) is 0 Å². The molecule has 0 saturated carbocycles. The number of aromatic nitrogens is 1. The highest BCUT2D eigenvalue weighted by molar-refractivity contribution is 8.04. The van der Waals surface area contributed by atoms with Crippen LogP contribution in [0.3, 0.4) is 0 Å². The number of benzene rings is 1. The molecule has 0 aliphatic heterocycles. The van der Waals surface area contributed by atoms with E-state index in [1.165, 1.54) is 0 Å². The number of thioether (sulfide) groups is 1. The fourth-order valence-electron chi connectivity index (χ4n) is 1.65. The number of ether oxygens (including phenoxy) is 1. The normalized spacial score (nSPS) is 10.2. The summed E-state index contributed by atoms with van der Waals surface area (Å²) in [5, 5.41) is 13.0. The van der Waals surface area contributed by atoms with Crippen molar-refractivity contribution in [1.82, 2.24) is 4.98 Å². The molecular weight excluding hydrogens is 220 g/mol. The molecule has 1 heterocycles. The Morgan fingerprint density at radius 3 is 3.06 bits per heavy atom. The minimum absolute atomic E-state index is 0.459. The highest BCUT2D eigenvalue weighted by Crippen LogP contribution is 2.29. The first-order valence-corrected chi connectivity index (χ1v) is 5.60. The second kappa shape index (κ2) is 4.97. The Kier molecular flexibility index (Phi) is 3.40. The van der Waals surface area contributed by atoms with Gasteiger partial charge in [-0.05, 0) is 29.3 Å². The van der Waals surface area contributed by atoms with Crippen molar-refractivity contribution in [3.05, 3.63) is 36.2 Å². The van der Waals surface area contributed by atoms with Crippen molar-refractivity contribution in [2.24, 2.45) is 0 Å². The van der Waals surface area contributed by atoms with E-state index in [1.54, 1.807) is 13.3 Å². The first kappa shape index (κ1) is 10.9. The molecule has 0 aliphatic rings. The van der Waals surface area contributed by atoms with Gasteiger partial charge in [-0.3, -0.25) is 4.98 Å². The maximum Gasteiger partial charge on any atom is 0.138 e. The van der Waals surface area contributed by atoms with Crippen molar-refractivity contribution in [3.63, 3.8) is 0 Å². The summed E-state index contributed by atoms with van der Waals surface area (Å²) >= 11 is 1.15. The van der Waals surface area contributed by atoms with Crippen LogP contribution in [0.1, 0.15) is 5.69 Å². The molecule has 0 fully saturated rings. The number of pyridine rings is 1. The molecule has 4 heteroatoms. The van der Waals surface area contributed by atoms with Gasteiger partial charge in [-0.25, -0.2) is 0 Å². The Hall–Kier alpha value is -1.57. The number of hydrogen-bond acceptors (Lipinski definition) is 4. The molecule has 0 saturated heterocycles. The Morgan fingerprint density at radius 2 is 2.31 bits per heavy atom. The number of fused-ring (bicyclic) bond motifs is 1. The molecule has 2 aromatic rings. The van der Waals surface area contributed by atoms with Crippen LogP contribution in [-0.4, -0.2) is 12.1 Å². The first-order valence-electron chi connectivity index (χ1n) is 4.78. The summed E-state index contributed by atoms with van der Waals surface area (Å²) in [5.41, 5.74) is 0.873. The number of rotatable bonds is 3. The molecule has 0 radical (unpaired) electrons. The minimum Gasteiger partial charge on any atom is -0.378 e. The van der Waals surface area contributed by atoms with Crippen LogP contribution in [-0.2, 0) is 11.3 Å². The number of methoxy groups -OCH3 is 1. The van der Waals surface area contributed by atoms with Crippen LogP contribution in [0, 0.1) is 10.7 Å². The van der Waals surface area contributed by atoms with Crippen LogP contribution in [0.5, 0.6) is 0 Å². The maximum absolute atomic E-state index is 8.76. The molecule has 16 heavy (non-hydrogen) atoms. The highest BCUT2D eigenvalue weighted by atomic mass is 32.2. The second-order valence-corrected chi connectivity index (χ2v) is 4.06. The number of nitriles is 1. The van der Waals surface area contributed by atoms with Gasteiger partial charge in [-0.2, -0.15) is 5.26 Å². The van der Waals surface area contributed by atoms with Crippen molar-refractivity contribution in [3.8, 4) is 5.40 Å². The molecular formula is C12H10N2OS. The Labute approximate surface area is 98.1 Å². The molecule has 0 amide bonds. The van der Waals surface area contributed by atoms with E-state index in [2.05, 4.69) is 10.4 Å². The first-order chi connectivity index (χ1) is 7.86. The highest BCUT2D eigenvalue weighted by Gasteiger charge is 2.07. The lowest BCUT2D eigenvalue weighted by Gasteiger charge is -2.07. The molecule has 1 aromatic heterocycles. The van der Waals surface area contributed by atoms with Crippen molar-refractivity contribution in [1.29, 1.82) is 5.26 Å². The lowest BCUT2D eigenvalue weighted by molar-refractivity contribution is 0.182. The van der Waals surface area contributed by atoms with Crippen LogP contribution >= 0.6 is 11.8 Å². The summed E-state index contributed by atoms with van der Waals surface area (Å²) in [6.07, 6.45) is 1.76. The monoisotopic (exact) mass is 230 g/mol. The van der Waals surface area contributed by atoms with Crippen LogP contribution in [0.25, 0.3) is 10.8 Å². The Balaban J connectivity index is 2.67. The van der Waals surface area contributed by atoms with Gasteiger partial charge in [0.15, 0.2) is 0 Å². The van der Waals surface area contributed by atoms with Gasteiger partial charge in [0.1, 0.15) is 5.40 Å². The Bertz CT molecular complexity index is 543. The molecule has 0 N–H and O–H groups in total. The third-order valence-corrected chi connectivity index (χ3v) is 2.92. The lowest BCUT2D eigenvalue weighted by Crippen LogP contribution is -1.94. The number of nitrogens with zero attached hydrogens (tertiary/aromatic N) is 2. The van der Waals surface area contributed by atoms with Crippen molar-refractivity contribution in [2.75, 3.05) is 7.11 Å². The van der Waals surface area contributed by atoms with Crippen LogP contribution in [0.4, 0.5) is 0 Å². The van der Waals surface area contributed by atoms with Crippen LogP contribution in [0.15, 0.2) is 35.4 Å². The third-order valence-electron chi connectivity index (χ3n) is 2.27. The van der Waals surface area contributed by atoms with Gasteiger partial charge < -0.3 is 4.74 Å². The molecule has 0 aliphatic carbocycles.